The SMILES string of the molecule is COc1ccc(OCCOC(=O)c2cc3cc([N+](=O)[O-])ccc3s2)cc1. The highest BCUT2D eigenvalue weighted by Gasteiger charge is 2.14. The van der Waals surface area contributed by atoms with Crippen molar-refractivity contribution in [1.29, 1.82) is 0 Å². The molecule has 0 atom stereocenters. The van der Waals surface area contributed by atoms with Gasteiger partial charge in [-0.15, -0.1) is 11.3 Å². The molecule has 2 aromatic carbocycles. The number of hydrogen-bond donors (Lipinski definition) is 0. The lowest BCUT2D eigenvalue weighted by molar-refractivity contribution is -0.384. The number of thiophene rings is 1. The van der Waals surface area contributed by atoms with Crippen LogP contribution in [0.1, 0.15) is 9.67 Å². The van der Waals surface area contributed by atoms with Crippen molar-refractivity contribution in [1.82, 2.24) is 0 Å². The van der Waals surface area contributed by atoms with Gasteiger partial charge < -0.3 is 14.2 Å². The molecule has 0 saturated carbocycles. The first kappa shape index (κ1) is 17.7. The minimum atomic E-state index is -0.479. The molecule has 1 heterocycles. The van der Waals surface area contributed by atoms with Crippen LogP contribution in [0.15, 0.2) is 48.5 Å². The first-order valence-electron chi connectivity index (χ1n) is 7.69. The second-order valence-corrected chi connectivity index (χ2v) is 6.33. The molecule has 0 amide bonds. The fourth-order valence-corrected chi connectivity index (χ4v) is 3.22. The molecule has 0 aliphatic heterocycles. The highest BCUT2D eigenvalue weighted by Crippen LogP contribution is 2.29. The smallest absolute Gasteiger partial charge is 0.348 e. The Morgan fingerprint density at radius 2 is 1.81 bits per heavy atom. The quantitative estimate of drug-likeness (QED) is 0.269. The average molecular weight is 373 g/mol. The molecule has 0 aliphatic carbocycles. The molecule has 7 nitrogen and oxygen atoms in total. The highest BCUT2D eigenvalue weighted by molar-refractivity contribution is 7.20. The predicted molar refractivity (Wildman–Crippen MR) is 97.3 cm³/mol. The van der Waals surface area contributed by atoms with Gasteiger partial charge in [0.15, 0.2) is 0 Å². The van der Waals surface area contributed by atoms with Gasteiger partial charge in [-0.3, -0.25) is 10.1 Å². The molecule has 0 radical (unpaired) electrons. The summed E-state index contributed by atoms with van der Waals surface area (Å²) in [5, 5.41) is 11.5. The number of non-ortho nitro benzene ring substituents is 1. The van der Waals surface area contributed by atoms with Crippen molar-refractivity contribution in [3.63, 3.8) is 0 Å². The molecular formula is C18H15NO6S. The minimum Gasteiger partial charge on any atom is -0.497 e. The summed E-state index contributed by atoms with van der Waals surface area (Å²) < 4.78 is 16.5. The van der Waals surface area contributed by atoms with Gasteiger partial charge in [0, 0.05) is 22.2 Å². The van der Waals surface area contributed by atoms with E-state index in [0.717, 1.165) is 10.4 Å². The summed E-state index contributed by atoms with van der Waals surface area (Å²) >= 11 is 1.23. The Labute approximate surface area is 152 Å². The number of nitrogens with zero attached hydrogens (tertiary/aromatic N) is 1. The van der Waals surface area contributed by atoms with Crippen molar-refractivity contribution in [2.45, 2.75) is 0 Å². The Morgan fingerprint density at radius 1 is 1.08 bits per heavy atom. The second-order valence-electron chi connectivity index (χ2n) is 5.25. The van der Waals surface area contributed by atoms with Crippen LogP contribution in [0.25, 0.3) is 10.1 Å². The fourth-order valence-electron chi connectivity index (χ4n) is 2.28. The van der Waals surface area contributed by atoms with Gasteiger partial charge in [0.1, 0.15) is 29.6 Å². The molecule has 3 rings (SSSR count). The van der Waals surface area contributed by atoms with Crippen molar-refractivity contribution in [3.05, 3.63) is 63.5 Å². The van der Waals surface area contributed by atoms with Crippen molar-refractivity contribution >= 4 is 33.1 Å². The number of methoxy groups -OCH3 is 1. The second kappa shape index (κ2) is 7.83. The van der Waals surface area contributed by atoms with Crippen LogP contribution < -0.4 is 9.47 Å². The Balaban J connectivity index is 1.54. The standard InChI is InChI=1S/C18H15NO6S/c1-23-14-3-5-15(6-4-14)24-8-9-25-18(20)17-11-12-10-13(19(21)22)2-7-16(12)26-17/h2-7,10-11H,8-9H2,1H3. The Kier molecular flexibility index (Phi) is 5.33. The zero-order chi connectivity index (χ0) is 18.5. The summed E-state index contributed by atoms with van der Waals surface area (Å²) in [6, 6.07) is 13.2. The van der Waals surface area contributed by atoms with E-state index in [0.29, 0.717) is 16.0 Å². The normalized spacial score (nSPS) is 10.5. The molecule has 0 aliphatic rings. The molecule has 8 heteroatoms. The number of carbonyl (C=O) groups excluding carboxylic acids is 1. The number of carbonyl (C=O) groups is 1. The molecule has 0 bridgehead atoms. The third-order valence-electron chi connectivity index (χ3n) is 3.56. The van der Waals surface area contributed by atoms with Crippen LogP contribution in [0.2, 0.25) is 0 Å². The molecule has 0 spiro atoms. The van der Waals surface area contributed by atoms with Crippen LogP contribution in [0.3, 0.4) is 0 Å². The lowest BCUT2D eigenvalue weighted by Gasteiger charge is -2.07. The first-order valence-corrected chi connectivity index (χ1v) is 8.50. The van der Waals surface area contributed by atoms with Crippen molar-refractivity contribution < 1.29 is 23.9 Å². The van der Waals surface area contributed by atoms with E-state index in [4.69, 9.17) is 14.2 Å². The molecule has 26 heavy (non-hydrogen) atoms. The minimum absolute atomic E-state index is 0.0110. The topological polar surface area (TPSA) is 87.9 Å². The van der Waals surface area contributed by atoms with E-state index in [1.807, 2.05) is 0 Å². The van der Waals surface area contributed by atoms with Gasteiger partial charge in [-0.25, -0.2) is 4.79 Å². The molecule has 3 aromatic rings. The lowest BCUT2D eigenvalue weighted by atomic mass is 10.2. The van der Waals surface area contributed by atoms with E-state index in [-0.39, 0.29) is 18.9 Å². The van der Waals surface area contributed by atoms with Crippen molar-refractivity contribution in [3.8, 4) is 11.5 Å². The van der Waals surface area contributed by atoms with Gasteiger partial charge in [-0.1, -0.05) is 0 Å². The van der Waals surface area contributed by atoms with Gasteiger partial charge in [-0.05, 0) is 36.4 Å². The Morgan fingerprint density at radius 3 is 2.50 bits per heavy atom. The van der Waals surface area contributed by atoms with Gasteiger partial charge in [0.2, 0.25) is 0 Å². The van der Waals surface area contributed by atoms with E-state index in [1.54, 1.807) is 43.5 Å². The average Bonchev–Trinajstić information content (AvgIpc) is 3.09. The van der Waals surface area contributed by atoms with E-state index >= 15 is 0 Å². The number of ether oxygens (including phenoxy) is 3. The zero-order valence-electron chi connectivity index (χ0n) is 13.8. The molecule has 0 unspecified atom stereocenters. The zero-order valence-corrected chi connectivity index (χ0v) is 14.7. The maximum atomic E-state index is 12.1. The van der Waals surface area contributed by atoms with Crippen molar-refractivity contribution in [2.24, 2.45) is 0 Å². The van der Waals surface area contributed by atoms with Crippen LogP contribution in [-0.2, 0) is 4.74 Å². The molecule has 1 aromatic heterocycles. The Bertz CT molecular complexity index is 935. The number of fused-ring (bicyclic) bond motifs is 1. The van der Waals surface area contributed by atoms with Gasteiger partial charge in [0.25, 0.3) is 5.69 Å². The largest absolute Gasteiger partial charge is 0.497 e. The van der Waals surface area contributed by atoms with Gasteiger partial charge >= 0.3 is 5.97 Å². The summed E-state index contributed by atoms with van der Waals surface area (Å²) in [6.45, 7) is 0.313. The predicted octanol–water partition coefficient (Wildman–Crippen LogP) is 4.05. The summed E-state index contributed by atoms with van der Waals surface area (Å²) in [7, 11) is 1.58. The monoisotopic (exact) mass is 373 g/mol. The number of hydrogen-bond acceptors (Lipinski definition) is 7. The van der Waals surface area contributed by atoms with Gasteiger partial charge in [0.05, 0.1) is 12.0 Å². The number of esters is 1. The lowest BCUT2D eigenvalue weighted by Crippen LogP contribution is -2.11. The molecule has 0 saturated heterocycles. The van der Waals surface area contributed by atoms with E-state index < -0.39 is 10.9 Å². The van der Waals surface area contributed by atoms with E-state index in [1.165, 1.54) is 23.5 Å². The van der Waals surface area contributed by atoms with Crippen molar-refractivity contribution in [2.75, 3.05) is 20.3 Å². The summed E-state index contributed by atoms with van der Waals surface area (Å²) in [4.78, 5) is 22.8. The molecular weight excluding hydrogens is 358 g/mol. The third kappa shape index (κ3) is 4.09. The van der Waals surface area contributed by atoms with E-state index in [9.17, 15) is 14.9 Å². The fraction of sp³-hybridized carbons (Fsp3) is 0.167. The summed E-state index contributed by atoms with van der Waals surface area (Å²) in [6.07, 6.45) is 0. The number of benzene rings is 2. The third-order valence-corrected chi connectivity index (χ3v) is 4.65. The van der Waals surface area contributed by atoms with Crippen LogP contribution in [0, 0.1) is 10.1 Å². The number of rotatable bonds is 7. The van der Waals surface area contributed by atoms with Crippen LogP contribution in [0.4, 0.5) is 5.69 Å². The van der Waals surface area contributed by atoms with E-state index in [2.05, 4.69) is 0 Å². The maximum Gasteiger partial charge on any atom is 0.348 e. The highest BCUT2D eigenvalue weighted by atomic mass is 32.1. The molecule has 0 fully saturated rings. The summed E-state index contributed by atoms with van der Waals surface area (Å²) in [5.74, 6) is 0.900. The molecule has 0 N–H and O–H groups in total. The van der Waals surface area contributed by atoms with Crippen LogP contribution in [-0.4, -0.2) is 31.2 Å². The Hall–Kier alpha value is -3.13. The summed E-state index contributed by atoms with van der Waals surface area (Å²) in [5.41, 5.74) is -0.0110. The first-order chi connectivity index (χ1) is 12.6. The molecule has 134 valence electrons. The van der Waals surface area contributed by atoms with Gasteiger partial charge in [-0.2, -0.15) is 0 Å². The van der Waals surface area contributed by atoms with Crippen LogP contribution >= 0.6 is 11.3 Å². The number of nitro groups is 1. The maximum absolute atomic E-state index is 12.1. The number of nitro benzene ring substituents is 1. The van der Waals surface area contributed by atoms with Crippen LogP contribution in [0.5, 0.6) is 11.5 Å².